The van der Waals surface area contributed by atoms with Crippen molar-refractivity contribution in [3.8, 4) is 5.75 Å². The lowest BCUT2D eigenvalue weighted by Crippen LogP contribution is -2.19. The molecule has 4 nitrogen and oxygen atoms in total. The first-order valence-electron chi connectivity index (χ1n) is 6.80. The molecule has 1 aromatic carbocycles. The summed E-state index contributed by atoms with van der Waals surface area (Å²) in [6.07, 6.45) is 0.736. The summed E-state index contributed by atoms with van der Waals surface area (Å²) < 4.78 is 33.9. The minimum atomic E-state index is -3.75. The smallest absolute Gasteiger partial charge is 0.261 e. The van der Waals surface area contributed by atoms with E-state index in [2.05, 4.69) is 0 Å². The van der Waals surface area contributed by atoms with Gasteiger partial charge in [0.05, 0.1) is 11.0 Å². The molecule has 120 valence electrons. The highest BCUT2D eigenvalue weighted by molar-refractivity contribution is 8.13. The van der Waals surface area contributed by atoms with Crippen molar-refractivity contribution >= 4 is 19.7 Å². The van der Waals surface area contributed by atoms with Gasteiger partial charge in [-0.05, 0) is 30.5 Å². The molecule has 0 aromatic heterocycles. The number of halogens is 1. The molecule has 0 saturated carbocycles. The van der Waals surface area contributed by atoms with Gasteiger partial charge in [0.25, 0.3) is 9.05 Å². The van der Waals surface area contributed by atoms with E-state index in [-0.39, 0.29) is 16.4 Å². The van der Waals surface area contributed by atoms with Crippen LogP contribution in [0.15, 0.2) is 23.1 Å². The summed E-state index contributed by atoms with van der Waals surface area (Å²) in [7, 11) is 3.32. The fourth-order valence-electron chi connectivity index (χ4n) is 1.91. The summed E-state index contributed by atoms with van der Waals surface area (Å²) in [4.78, 5) is 0.0889. The average Bonchev–Trinajstić information content (AvgIpc) is 2.34. The fraction of sp³-hybridized carbons (Fsp3) is 0.600. The molecule has 0 heterocycles. The Labute approximate surface area is 131 Å². The Morgan fingerprint density at radius 3 is 2.38 bits per heavy atom. The molecule has 0 fully saturated rings. The SMILES string of the molecule is COCCC(C)Oc1ccc(S(=O)(=O)Cl)cc1C(C)(C)C. The maximum absolute atomic E-state index is 11.5. The van der Waals surface area contributed by atoms with Crippen LogP contribution in [0.25, 0.3) is 0 Å². The summed E-state index contributed by atoms with van der Waals surface area (Å²) in [6, 6.07) is 4.72. The first-order valence-corrected chi connectivity index (χ1v) is 9.11. The summed E-state index contributed by atoms with van der Waals surface area (Å²) in [5.74, 6) is 0.676. The number of rotatable bonds is 6. The van der Waals surface area contributed by atoms with Crippen LogP contribution < -0.4 is 4.74 Å². The van der Waals surface area contributed by atoms with E-state index in [9.17, 15) is 8.42 Å². The van der Waals surface area contributed by atoms with Crippen molar-refractivity contribution in [2.75, 3.05) is 13.7 Å². The molecule has 0 spiro atoms. The van der Waals surface area contributed by atoms with Crippen LogP contribution in [0.1, 0.15) is 39.7 Å². The molecular weight excluding hydrogens is 312 g/mol. The molecule has 1 atom stereocenters. The van der Waals surface area contributed by atoms with E-state index >= 15 is 0 Å². The van der Waals surface area contributed by atoms with Crippen LogP contribution in [-0.2, 0) is 19.2 Å². The summed E-state index contributed by atoms with van der Waals surface area (Å²) >= 11 is 0. The number of ether oxygens (including phenoxy) is 2. The molecule has 0 aliphatic rings. The number of hydrogen-bond donors (Lipinski definition) is 0. The van der Waals surface area contributed by atoms with Crippen LogP contribution in [0.5, 0.6) is 5.75 Å². The van der Waals surface area contributed by atoms with E-state index in [0.717, 1.165) is 12.0 Å². The lowest BCUT2D eigenvalue weighted by molar-refractivity contribution is 0.134. The third-order valence-corrected chi connectivity index (χ3v) is 4.45. The second-order valence-corrected chi connectivity index (χ2v) is 8.62. The Morgan fingerprint density at radius 2 is 1.90 bits per heavy atom. The molecule has 0 N–H and O–H groups in total. The van der Waals surface area contributed by atoms with Gasteiger partial charge in [-0.15, -0.1) is 0 Å². The molecule has 0 amide bonds. The summed E-state index contributed by atoms with van der Waals surface area (Å²) in [6.45, 7) is 8.57. The van der Waals surface area contributed by atoms with Gasteiger partial charge in [0, 0.05) is 36.4 Å². The first-order chi connectivity index (χ1) is 9.55. The van der Waals surface area contributed by atoms with Gasteiger partial charge in [-0.2, -0.15) is 0 Å². The van der Waals surface area contributed by atoms with Crippen molar-refractivity contribution < 1.29 is 17.9 Å². The van der Waals surface area contributed by atoms with Crippen LogP contribution in [0.4, 0.5) is 0 Å². The van der Waals surface area contributed by atoms with Crippen LogP contribution in [-0.4, -0.2) is 28.2 Å². The van der Waals surface area contributed by atoms with E-state index in [0.29, 0.717) is 12.4 Å². The predicted octanol–water partition coefficient (Wildman–Crippen LogP) is 3.72. The lowest BCUT2D eigenvalue weighted by atomic mass is 9.86. The maximum atomic E-state index is 11.5. The van der Waals surface area contributed by atoms with E-state index in [1.807, 2.05) is 27.7 Å². The molecule has 21 heavy (non-hydrogen) atoms. The highest BCUT2D eigenvalue weighted by Crippen LogP contribution is 2.34. The Balaban J connectivity index is 3.15. The van der Waals surface area contributed by atoms with E-state index < -0.39 is 9.05 Å². The zero-order valence-corrected chi connectivity index (χ0v) is 14.7. The molecule has 0 bridgehead atoms. The zero-order valence-electron chi connectivity index (χ0n) is 13.1. The highest BCUT2D eigenvalue weighted by atomic mass is 35.7. The largest absolute Gasteiger partial charge is 0.490 e. The molecule has 0 saturated heterocycles. The van der Waals surface area contributed by atoms with Gasteiger partial charge in [0.15, 0.2) is 0 Å². The zero-order chi connectivity index (χ0) is 16.3. The van der Waals surface area contributed by atoms with Crippen molar-refractivity contribution in [1.29, 1.82) is 0 Å². The van der Waals surface area contributed by atoms with E-state index in [1.54, 1.807) is 19.2 Å². The van der Waals surface area contributed by atoms with Gasteiger partial charge in [-0.25, -0.2) is 8.42 Å². The van der Waals surface area contributed by atoms with Crippen molar-refractivity contribution in [3.63, 3.8) is 0 Å². The van der Waals surface area contributed by atoms with Crippen molar-refractivity contribution in [2.45, 2.75) is 50.5 Å². The first kappa shape index (κ1) is 18.3. The number of benzene rings is 1. The van der Waals surface area contributed by atoms with Crippen LogP contribution >= 0.6 is 10.7 Å². The van der Waals surface area contributed by atoms with Crippen LogP contribution in [0.2, 0.25) is 0 Å². The van der Waals surface area contributed by atoms with Crippen molar-refractivity contribution in [3.05, 3.63) is 23.8 Å². The van der Waals surface area contributed by atoms with Gasteiger partial charge < -0.3 is 9.47 Å². The predicted molar refractivity (Wildman–Crippen MR) is 84.8 cm³/mol. The van der Waals surface area contributed by atoms with Gasteiger partial charge in [0.1, 0.15) is 5.75 Å². The minimum absolute atomic E-state index is 0.0236. The Kier molecular flexibility index (Phi) is 6.08. The van der Waals surface area contributed by atoms with E-state index in [4.69, 9.17) is 20.2 Å². The molecular formula is C15H23ClO4S. The topological polar surface area (TPSA) is 52.6 Å². The Bertz CT molecular complexity index is 576. The molecule has 0 aliphatic carbocycles. The third-order valence-electron chi connectivity index (χ3n) is 3.10. The Morgan fingerprint density at radius 1 is 1.29 bits per heavy atom. The molecule has 1 aromatic rings. The molecule has 0 radical (unpaired) electrons. The monoisotopic (exact) mass is 334 g/mol. The van der Waals surface area contributed by atoms with E-state index in [1.165, 1.54) is 6.07 Å². The fourth-order valence-corrected chi connectivity index (χ4v) is 2.69. The summed E-state index contributed by atoms with van der Waals surface area (Å²) in [5.41, 5.74) is 0.557. The summed E-state index contributed by atoms with van der Waals surface area (Å²) in [5, 5.41) is 0. The van der Waals surface area contributed by atoms with Gasteiger partial charge in [-0.1, -0.05) is 20.8 Å². The normalized spacial score (nSPS) is 14.0. The van der Waals surface area contributed by atoms with Gasteiger partial charge in [-0.3, -0.25) is 0 Å². The van der Waals surface area contributed by atoms with Crippen molar-refractivity contribution in [2.24, 2.45) is 0 Å². The second-order valence-electron chi connectivity index (χ2n) is 6.06. The Hall–Kier alpha value is -0.780. The molecule has 1 rings (SSSR count). The highest BCUT2D eigenvalue weighted by Gasteiger charge is 2.23. The second kappa shape index (κ2) is 6.99. The molecule has 6 heteroatoms. The van der Waals surface area contributed by atoms with Gasteiger partial charge >= 0.3 is 0 Å². The minimum Gasteiger partial charge on any atom is -0.490 e. The van der Waals surface area contributed by atoms with Crippen LogP contribution in [0.3, 0.4) is 0 Å². The average molecular weight is 335 g/mol. The molecule has 0 aliphatic heterocycles. The lowest BCUT2D eigenvalue weighted by Gasteiger charge is -2.25. The number of hydrogen-bond acceptors (Lipinski definition) is 4. The van der Waals surface area contributed by atoms with Crippen LogP contribution in [0, 0.1) is 0 Å². The molecule has 1 unspecified atom stereocenters. The van der Waals surface area contributed by atoms with Gasteiger partial charge in [0.2, 0.25) is 0 Å². The number of methoxy groups -OCH3 is 1. The van der Waals surface area contributed by atoms with Crippen molar-refractivity contribution in [1.82, 2.24) is 0 Å². The standard InChI is InChI=1S/C15H23ClO4S/c1-11(8-9-19-5)20-14-7-6-12(21(16,17)18)10-13(14)15(2,3)4/h6-7,10-11H,8-9H2,1-5H3. The quantitative estimate of drug-likeness (QED) is 0.744. The third kappa shape index (κ3) is 5.49. The maximum Gasteiger partial charge on any atom is 0.261 e.